The van der Waals surface area contributed by atoms with Crippen LogP contribution in [-0.2, 0) is 6.42 Å². The van der Waals surface area contributed by atoms with Crippen LogP contribution in [-0.4, -0.2) is 15.7 Å². The second-order valence-corrected chi connectivity index (χ2v) is 4.14. The molecule has 1 heterocycles. The molecule has 0 bridgehead atoms. The van der Waals surface area contributed by atoms with Gasteiger partial charge in [-0.25, -0.2) is 8.78 Å². The van der Waals surface area contributed by atoms with Crippen molar-refractivity contribution in [2.45, 2.75) is 51.0 Å². The second-order valence-electron chi connectivity index (χ2n) is 4.14. The van der Waals surface area contributed by atoms with Crippen molar-refractivity contribution in [3.63, 3.8) is 0 Å². The van der Waals surface area contributed by atoms with Crippen molar-refractivity contribution in [2.24, 2.45) is 0 Å². The average Bonchev–Trinajstić information content (AvgIpc) is 2.64. The molecule has 0 aromatic carbocycles. The van der Waals surface area contributed by atoms with Gasteiger partial charge in [0.05, 0.1) is 0 Å². The third kappa shape index (κ3) is 1.90. The maximum atomic E-state index is 13.7. The number of hydrogen-bond acceptors (Lipinski definition) is 1. The van der Waals surface area contributed by atoms with Crippen LogP contribution >= 0.6 is 0 Å². The highest BCUT2D eigenvalue weighted by Gasteiger charge is 2.43. The summed E-state index contributed by atoms with van der Waals surface area (Å²) in [6, 6.07) is 1.10. The lowest BCUT2D eigenvalue weighted by atomic mass is 9.91. The first-order valence-corrected chi connectivity index (χ1v) is 5.55. The summed E-state index contributed by atoms with van der Waals surface area (Å²) in [5, 5.41) is 4.04. The van der Waals surface area contributed by atoms with Gasteiger partial charge in [0.2, 0.25) is 0 Å². The highest BCUT2D eigenvalue weighted by molar-refractivity contribution is 5.03. The van der Waals surface area contributed by atoms with E-state index in [0.29, 0.717) is 12.8 Å². The molecule has 84 valence electrons. The molecule has 1 fully saturated rings. The Morgan fingerprint density at radius 1 is 1.53 bits per heavy atom. The number of rotatable bonds is 2. The van der Waals surface area contributed by atoms with Crippen molar-refractivity contribution in [1.82, 2.24) is 9.78 Å². The van der Waals surface area contributed by atoms with Gasteiger partial charge >= 0.3 is 0 Å². The Labute approximate surface area is 88.3 Å². The highest BCUT2D eigenvalue weighted by atomic mass is 19.3. The molecule has 0 saturated heterocycles. The largest absolute Gasteiger partial charge is 0.270 e. The molecule has 0 aliphatic heterocycles. The highest BCUT2D eigenvalue weighted by Crippen LogP contribution is 2.41. The van der Waals surface area contributed by atoms with Crippen molar-refractivity contribution in [2.75, 3.05) is 0 Å². The number of alkyl halides is 2. The zero-order chi connectivity index (χ0) is 10.9. The van der Waals surface area contributed by atoms with Crippen LogP contribution in [0.2, 0.25) is 0 Å². The van der Waals surface area contributed by atoms with E-state index < -0.39 is 12.0 Å². The minimum Gasteiger partial charge on any atom is -0.260 e. The molecule has 0 radical (unpaired) electrons. The second kappa shape index (κ2) is 3.91. The molecule has 0 spiro atoms. The Morgan fingerprint density at radius 3 is 3.00 bits per heavy atom. The maximum absolute atomic E-state index is 13.7. The van der Waals surface area contributed by atoms with Crippen LogP contribution in [0.25, 0.3) is 0 Å². The summed E-state index contributed by atoms with van der Waals surface area (Å²) in [5.41, 5.74) is 0.904. The maximum Gasteiger partial charge on any atom is 0.270 e. The first kappa shape index (κ1) is 10.6. The van der Waals surface area contributed by atoms with Crippen molar-refractivity contribution >= 4 is 0 Å². The van der Waals surface area contributed by atoms with Crippen LogP contribution in [0.15, 0.2) is 12.3 Å². The molecule has 0 N–H and O–H groups in total. The number of halogens is 2. The van der Waals surface area contributed by atoms with E-state index in [1.807, 2.05) is 13.0 Å². The van der Waals surface area contributed by atoms with E-state index in [1.54, 1.807) is 6.20 Å². The van der Waals surface area contributed by atoms with Gasteiger partial charge in [0.15, 0.2) is 0 Å². The lowest BCUT2D eigenvalue weighted by Crippen LogP contribution is -2.35. The number of aryl methyl sites for hydroxylation is 1. The molecule has 4 heteroatoms. The van der Waals surface area contributed by atoms with Crippen molar-refractivity contribution in [3.8, 4) is 0 Å². The SMILES string of the molecule is CCc1ccnn1C1CCCCC1(F)F. The predicted octanol–water partition coefficient (Wildman–Crippen LogP) is 3.20. The molecule has 1 saturated carbocycles. The summed E-state index contributed by atoms with van der Waals surface area (Å²) < 4.78 is 28.9. The van der Waals surface area contributed by atoms with Crippen molar-refractivity contribution in [3.05, 3.63) is 18.0 Å². The molecular formula is C11H16F2N2. The molecule has 1 aromatic rings. The van der Waals surface area contributed by atoms with Crippen LogP contribution in [0.1, 0.15) is 44.3 Å². The smallest absolute Gasteiger partial charge is 0.260 e. The molecule has 15 heavy (non-hydrogen) atoms. The molecule has 1 unspecified atom stereocenters. The molecule has 2 rings (SSSR count). The van der Waals surface area contributed by atoms with Crippen LogP contribution in [0.3, 0.4) is 0 Å². The average molecular weight is 214 g/mol. The van der Waals surface area contributed by atoms with E-state index in [4.69, 9.17) is 0 Å². The quantitative estimate of drug-likeness (QED) is 0.739. The summed E-state index contributed by atoms with van der Waals surface area (Å²) in [4.78, 5) is 0. The van der Waals surface area contributed by atoms with Gasteiger partial charge in [0.25, 0.3) is 5.92 Å². The normalized spacial score (nSPS) is 25.4. The fourth-order valence-electron chi connectivity index (χ4n) is 2.28. The van der Waals surface area contributed by atoms with Gasteiger partial charge in [-0.1, -0.05) is 13.3 Å². The molecule has 1 atom stereocenters. The van der Waals surface area contributed by atoms with Gasteiger partial charge in [-0.15, -0.1) is 0 Å². The van der Waals surface area contributed by atoms with E-state index in [9.17, 15) is 8.78 Å². The number of nitrogens with zero attached hydrogens (tertiary/aromatic N) is 2. The first-order chi connectivity index (χ1) is 7.15. The Balaban J connectivity index is 2.28. The van der Waals surface area contributed by atoms with Gasteiger partial charge in [-0.3, -0.25) is 4.68 Å². The summed E-state index contributed by atoms with van der Waals surface area (Å²) in [6.07, 6.45) is 4.42. The predicted molar refractivity (Wildman–Crippen MR) is 54.1 cm³/mol. The zero-order valence-electron chi connectivity index (χ0n) is 8.92. The van der Waals surface area contributed by atoms with Crippen LogP contribution in [0, 0.1) is 0 Å². The standard InChI is InChI=1S/C11H16F2N2/c1-2-9-6-8-14-15(9)10-5-3-4-7-11(10,12)13/h6,8,10H,2-5,7H2,1H3. The Hall–Kier alpha value is -0.930. The van der Waals surface area contributed by atoms with E-state index >= 15 is 0 Å². The summed E-state index contributed by atoms with van der Waals surface area (Å²) in [5.74, 6) is -2.59. The van der Waals surface area contributed by atoms with Gasteiger partial charge in [-0.05, 0) is 25.3 Å². The Morgan fingerprint density at radius 2 is 2.33 bits per heavy atom. The molecular weight excluding hydrogens is 198 g/mol. The monoisotopic (exact) mass is 214 g/mol. The van der Waals surface area contributed by atoms with E-state index in [1.165, 1.54) is 4.68 Å². The minimum atomic E-state index is -2.59. The Bertz CT molecular complexity index is 333. The molecule has 1 aliphatic carbocycles. The van der Waals surface area contributed by atoms with Crippen molar-refractivity contribution < 1.29 is 8.78 Å². The van der Waals surface area contributed by atoms with Crippen LogP contribution in [0.4, 0.5) is 8.78 Å². The minimum absolute atomic E-state index is 0.000676. The Kier molecular flexibility index (Phi) is 2.76. The van der Waals surface area contributed by atoms with Gasteiger partial charge in [0, 0.05) is 18.3 Å². The molecule has 1 aliphatic rings. The summed E-state index contributed by atoms with van der Waals surface area (Å²) >= 11 is 0. The molecule has 0 amide bonds. The van der Waals surface area contributed by atoms with Gasteiger partial charge in [0.1, 0.15) is 6.04 Å². The molecule has 1 aromatic heterocycles. The van der Waals surface area contributed by atoms with Crippen molar-refractivity contribution in [1.29, 1.82) is 0 Å². The van der Waals surface area contributed by atoms with Crippen LogP contribution < -0.4 is 0 Å². The number of hydrogen-bond donors (Lipinski definition) is 0. The lowest BCUT2D eigenvalue weighted by Gasteiger charge is -2.32. The first-order valence-electron chi connectivity index (χ1n) is 5.55. The lowest BCUT2D eigenvalue weighted by molar-refractivity contribution is -0.0826. The zero-order valence-corrected chi connectivity index (χ0v) is 8.92. The van der Waals surface area contributed by atoms with Crippen LogP contribution in [0.5, 0.6) is 0 Å². The molecule has 2 nitrogen and oxygen atoms in total. The van der Waals surface area contributed by atoms with E-state index in [-0.39, 0.29) is 6.42 Å². The fourth-order valence-corrected chi connectivity index (χ4v) is 2.28. The fraction of sp³-hybridized carbons (Fsp3) is 0.727. The topological polar surface area (TPSA) is 17.8 Å². The van der Waals surface area contributed by atoms with Gasteiger partial charge < -0.3 is 0 Å². The third-order valence-corrected chi connectivity index (χ3v) is 3.13. The summed E-state index contributed by atoms with van der Waals surface area (Å²) in [6.45, 7) is 1.97. The number of aromatic nitrogens is 2. The third-order valence-electron chi connectivity index (χ3n) is 3.13. The van der Waals surface area contributed by atoms with E-state index in [2.05, 4.69) is 5.10 Å². The van der Waals surface area contributed by atoms with E-state index in [0.717, 1.165) is 18.5 Å². The van der Waals surface area contributed by atoms with Gasteiger partial charge in [-0.2, -0.15) is 5.10 Å². The summed E-state index contributed by atoms with van der Waals surface area (Å²) in [7, 11) is 0.